The number of aromatic nitrogens is 2. The van der Waals surface area contributed by atoms with Crippen LogP contribution in [-0.2, 0) is 16.1 Å². The van der Waals surface area contributed by atoms with Crippen molar-refractivity contribution in [2.75, 3.05) is 39.3 Å². The van der Waals surface area contributed by atoms with E-state index in [2.05, 4.69) is 19.9 Å². The first kappa shape index (κ1) is 22.2. The number of halogens is 1. The van der Waals surface area contributed by atoms with Crippen molar-refractivity contribution in [1.29, 1.82) is 0 Å². The molecule has 9 heteroatoms. The molecule has 2 aliphatic heterocycles. The van der Waals surface area contributed by atoms with Gasteiger partial charge in [0.25, 0.3) is 0 Å². The van der Waals surface area contributed by atoms with Gasteiger partial charge in [-0.05, 0) is 45.0 Å². The number of hydrogen-bond donors (Lipinski definition) is 0. The second-order valence-corrected chi connectivity index (χ2v) is 8.94. The monoisotopic (exact) mass is 447 g/mol. The fourth-order valence-corrected chi connectivity index (χ4v) is 4.44. The van der Waals surface area contributed by atoms with Gasteiger partial charge >= 0.3 is 0 Å². The molecule has 1 amide bonds. The van der Waals surface area contributed by atoms with Gasteiger partial charge in [-0.25, -0.2) is 0 Å². The quantitative estimate of drug-likeness (QED) is 0.697. The molecule has 0 bridgehead atoms. The number of morpholine rings is 1. The number of piperazine rings is 1. The van der Waals surface area contributed by atoms with Crippen molar-refractivity contribution < 1.29 is 14.1 Å². The van der Waals surface area contributed by atoms with E-state index in [1.807, 2.05) is 49.9 Å². The molecular weight excluding hydrogens is 418 g/mol. The van der Waals surface area contributed by atoms with Gasteiger partial charge in [0.1, 0.15) is 0 Å². The summed E-state index contributed by atoms with van der Waals surface area (Å²) in [6, 6.07) is 7.26. The Morgan fingerprint density at radius 2 is 1.77 bits per heavy atom. The highest BCUT2D eigenvalue weighted by atomic mass is 35.5. The van der Waals surface area contributed by atoms with Crippen LogP contribution < -0.4 is 0 Å². The van der Waals surface area contributed by atoms with Crippen LogP contribution in [0.25, 0.3) is 11.4 Å². The van der Waals surface area contributed by atoms with E-state index >= 15 is 0 Å². The molecule has 2 aliphatic rings. The number of amides is 1. The molecule has 31 heavy (non-hydrogen) atoms. The maximum atomic E-state index is 13.0. The Bertz CT molecular complexity index is 872. The lowest BCUT2D eigenvalue weighted by Gasteiger charge is -2.41. The zero-order chi connectivity index (χ0) is 22.0. The average molecular weight is 448 g/mol. The van der Waals surface area contributed by atoms with Gasteiger partial charge in [0.05, 0.1) is 24.8 Å². The highest BCUT2D eigenvalue weighted by Crippen LogP contribution is 2.20. The highest BCUT2D eigenvalue weighted by molar-refractivity contribution is 6.30. The first-order chi connectivity index (χ1) is 14.9. The van der Waals surface area contributed by atoms with Crippen molar-refractivity contribution in [1.82, 2.24) is 24.8 Å². The lowest BCUT2D eigenvalue weighted by Crippen LogP contribution is -2.57. The summed E-state index contributed by atoms with van der Waals surface area (Å²) in [5.74, 6) is 1.36. The third-order valence-corrected chi connectivity index (χ3v) is 6.22. The SMILES string of the molecule is CC1CN(C(=O)C(C)N2CCN(Cc3nc(-c4ccc(Cl)cc4)no3)CC2)CC(C)O1. The number of nitrogens with zero attached hydrogens (tertiary/aromatic N) is 5. The molecule has 0 saturated carbocycles. The summed E-state index contributed by atoms with van der Waals surface area (Å²) in [7, 11) is 0. The van der Waals surface area contributed by atoms with Crippen molar-refractivity contribution in [2.45, 2.75) is 45.6 Å². The van der Waals surface area contributed by atoms with Crippen LogP contribution in [0.1, 0.15) is 26.7 Å². The van der Waals surface area contributed by atoms with Crippen LogP contribution in [0.4, 0.5) is 0 Å². The zero-order valence-corrected chi connectivity index (χ0v) is 19.1. The summed E-state index contributed by atoms with van der Waals surface area (Å²) in [4.78, 5) is 24.0. The van der Waals surface area contributed by atoms with E-state index in [1.54, 1.807) is 0 Å². The second-order valence-electron chi connectivity index (χ2n) is 8.51. The van der Waals surface area contributed by atoms with E-state index in [0.29, 0.717) is 36.4 Å². The fourth-order valence-electron chi connectivity index (χ4n) is 4.31. The Morgan fingerprint density at radius 1 is 1.13 bits per heavy atom. The van der Waals surface area contributed by atoms with Crippen LogP contribution >= 0.6 is 11.6 Å². The normalized spacial score (nSPS) is 24.3. The summed E-state index contributed by atoms with van der Waals surface area (Å²) in [5.41, 5.74) is 0.878. The number of carbonyl (C=O) groups excluding carboxylic acids is 1. The van der Waals surface area contributed by atoms with Gasteiger partial charge in [0.15, 0.2) is 0 Å². The molecular formula is C22H30ClN5O3. The number of benzene rings is 1. The third-order valence-electron chi connectivity index (χ3n) is 5.97. The molecule has 0 spiro atoms. The average Bonchev–Trinajstić information content (AvgIpc) is 3.21. The van der Waals surface area contributed by atoms with Gasteiger partial charge in [-0.2, -0.15) is 4.98 Å². The molecule has 2 aromatic rings. The van der Waals surface area contributed by atoms with Crippen LogP contribution in [0, 0.1) is 0 Å². The molecule has 0 aliphatic carbocycles. The van der Waals surface area contributed by atoms with E-state index < -0.39 is 0 Å². The number of hydrogen-bond acceptors (Lipinski definition) is 7. The number of rotatable bonds is 5. The summed E-state index contributed by atoms with van der Waals surface area (Å²) >= 11 is 5.94. The minimum absolute atomic E-state index is 0.0870. The third kappa shape index (κ3) is 5.44. The zero-order valence-electron chi connectivity index (χ0n) is 18.3. The van der Waals surface area contributed by atoms with E-state index in [9.17, 15) is 4.79 Å². The number of carbonyl (C=O) groups is 1. The first-order valence-electron chi connectivity index (χ1n) is 10.9. The van der Waals surface area contributed by atoms with Gasteiger partial charge in [-0.15, -0.1) is 0 Å². The molecule has 3 heterocycles. The van der Waals surface area contributed by atoms with Crippen LogP contribution in [0.3, 0.4) is 0 Å². The largest absolute Gasteiger partial charge is 0.372 e. The maximum absolute atomic E-state index is 13.0. The Morgan fingerprint density at radius 3 is 2.42 bits per heavy atom. The number of ether oxygens (including phenoxy) is 1. The molecule has 168 valence electrons. The Balaban J connectivity index is 1.28. The molecule has 2 saturated heterocycles. The molecule has 4 rings (SSSR count). The smallest absolute Gasteiger partial charge is 0.241 e. The van der Waals surface area contributed by atoms with E-state index in [-0.39, 0.29) is 24.2 Å². The van der Waals surface area contributed by atoms with Gasteiger partial charge in [0.2, 0.25) is 17.6 Å². The van der Waals surface area contributed by atoms with Gasteiger partial charge < -0.3 is 14.2 Å². The second kappa shape index (κ2) is 9.65. The van der Waals surface area contributed by atoms with Crippen molar-refractivity contribution in [3.8, 4) is 11.4 Å². The Kier molecular flexibility index (Phi) is 6.91. The molecule has 3 unspecified atom stereocenters. The van der Waals surface area contributed by atoms with Crippen LogP contribution in [0.2, 0.25) is 5.02 Å². The molecule has 1 aromatic carbocycles. The standard InChI is InChI=1S/C22H30ClN5O3/c1-15-12-28(13-16(2)30-15)22(29)17(3)27-10-8-26(9-11-27)14-20-24-21(25-31-20)18-4-6-19(23)7-5-18/h4-7,15-17H,8-14H2,1-3H3. The summed E-state index contributed by atoms with van der Waals surface area (Å²) in [6.45, 7) is 11.4. The van der Waals surface area contributed by atoms with Crippen molar-refractivity contribution in [2.24, 2.45) is 0 Å². The molecule has 1 aromatic heterocycles. The highest BCUT2D eigenvalue weighted by Gasteiger charge is 2.32. The Hall–Kier alpha value is -2.00. The minimum atomic E-state index is -0.125. The molecule has 0 radical (unpaired) electrons. The van der Waals surface area contributed by atoms with E-state index in [0.717, 1.165) is 31.7 Å². The topological polar surface area (TPSA) is 74.9 Å². The van der Waals surface area contributed by atoms with Gasteiger partial charge in [-0.3, -0.25) is 14.6 Å². The summed E-state index contributed by atoms with van der Waals surface area (Å²) < 4.78 is 11.2. The molecule has 2 fully saturated rings. The van der Waals surface area contributed by atoms with Crippen molar-refractivity contribution >= 4 is 17.5 Å². The molecule has 3 atom stereocenters. The van der Waals surface area contributed by atoms with Crippen LogP contribution in [0.5, 0.6) is 0 Å². The predicted octanol–water partition coefficient (Wildman–Crippen LogP) is 2.53. The summed E-state index contributed by atoms with van der Waals surface area (Å²) in [6.07, 6.45) is 0.174. The van der Waals surface area contributed by atoms with Crippen LogP contribution in [-0.4, -0.2) is 88.3 Å². The summed E-state index contributed by atoms with van der Waals surface area (Å²) in [5, 5.41) is 4.76. The van der Waals surface area contributed by atoms with Gasteiger partial charge in [-0.1, -0.05) is 16.8 Å². The van der Waals surface area contributed by atoms with E-state index in [1.165, 1.54) is 0 Å². The van der Waals surface area contributed by atoms with Crippen molar-refractivity contribution in [3.05, 3.63) is 35.2 Å². The Labute approximate surface area is 188 Å². The first-order valence-corrected chi connectivity index (χ1v) is 11.3. The lowest BCUT2D eigenvalue weighted by molar-refractivity contribution is -0.148. The fraction of sp³-hybridized carbons (Fsp3) is 0.591. The maximum Gasteiger partial charge on any atom is 0.241 e. The molecule has 8 nitrogen and oxygen atoms in total. The van der Waals surface area contributed by atoms with Crippen molar-refractivity contribution in [3.63, 3.8) is 0 Å². The molecule has 0 N–H and O–H groups in total. The van der Waals surface area contributed by atoms with Gasteiger partial charge in [0, 0.05) is 49.9 Å². The minimum Gasteiger partial charge on any atom is -0.372 e. The van der Waals surface area contributed by atoms with Crippen LogP contribution in [0.15, 0.2) is 28.8 Å². The lowest BCUT2D eigenvalue weighted by atomic mass is 10.1. The van der Waals surface area contributed by atoms with E-state index in [4.69, 9.17) is 20.9 Å². The predicted molar refractivity (Wildman–Crippen MR) is 118 cm³/mol.